The van der Waals surface area contributed by atoms with Crippen LogP contribution in [0.1, 0.15) is 31.2 Å². The number of aromatic hydroxyl groups is 1. The van der Waals surface area contributed by atoms with Gasteiger partial charge < -0.3 is 5.11 Å². The van der Waals surface area contributed by atoms with Crippen molar-refractivity contribution in [3.63, 3.8) is 0 Å². The molecule has 1 aromatic rings. The molecule has 2 amide bonds. The molecule has 0 bridgehead atoms. The van der Waals surface area contributed by atoms with Crippen LogP contribution < -0.4 is 0 Å². The average molecular weight is 403 g/mol. The quantitative estimate of drug-likeness (QED) is 0.442. The zero-order valence-corrected chi connectivity index (χ0v) is 16.7. The SMILES string of the molecule is CC1=CC(=O)C2=C(C[C@@H]3C(=CC[C@@H]4C(=O)N(C)C(=O)[C@@H]43)[C@@H]2c2ccccc2O)C1=O. The molecule has 6 nitrogen and oxygen atoms in total. The summed E-state index contributed by atoms with van der Waals surface area (Å²) in [5.74, 6) is -2.75. The van der Waals surface area contributed by atoms with Crippen LogP contribution in [0.2, 0.25) is 0 Å². The number of fused-ring (bicyclic) bond motifs is 3. The van der Waals surface area contributed by atoms with Gasteiger partial charge in [0.2, 0.25) is 11.8 Å². The monoisotopic (exact) mass is 403 g/mol. The normalized spacial score (nSPS) is 30.7. The first-order valence-corrected chi connectivity index (χ1v) is 10.1. The fraction of sp³-hybridized carbons (Fsp3) is 0.333. The Morgan fingerprint density at radius 2 is 1.77 bits per heavy atom. The molecule has 1 N–H and O–H groups in total. The van der Waals surface area contributed by atoms with Gasteiger partial charge in [-0.15, -0.1) is 0 Å². The maximum absolute atomic E-state index is 13.0. The van der Waals surface area contributed by atoms with Crippen LogP contribution in [0.25, 0.3) is 0 Å². The van der Waals surface area contributed by atoms with Gasteiger partial charge in [-0.25, -0.2) is 0 Å². The second-order valence-corrected chi connectivity index (χ2v) is 8.52. The van der Waals surface area contributed by atoms with Crippen LogP contribution in [0.3, 0.4) is 0 Å². The van der Waals surface area contributed by atoms with Crippen LogP contribution in [-0.2, 0) is 19.2 Å². The van der Waals surface area contributed by atoms with Gasteiger partial charge in [0.1, 0.15) is 5.75 Å². The number of carbonyl (C=O) groups excluding carboxylic acids is 4. The zero-order chi connectivity index (χ0) is 21.3. The minimum Gasteiger partial charge on any atom is -0.508 e. The van der Waals surface area contributed by atoms with Crippen LogP contribution >= 0.6 is 0 Å². The molecule has 1 saturated heterocycles. The number of nitrogens with zero attached hydrogens (tertiary/aromatic N) is 1. The Kier molecular flexibility index (Phi) is 3.97. The fourth-order valence-corrected chi connectivity index (χ4v) is 5.63. The second-order valence-electron chi connectivity index (χ2n) is 8.52. The zero-order valence-electron chi connectivity index (χ0n) is 16.7. The third-order valence-electron chi connectivity index (χ3n) is 7.03. The van der Waals surface area contributed by atoms with Crippen molar-refractivity contribution in [1.82, 2.24) is 4.90 Å². The summed E-state index contributed by atoms with van der Waals surface area (Å²) in [6, 6.07) is 6.78. The molecule has 6 heteroatoms. The number of hydrogen-bond donors (Lipinski definition) is 1. The third-order valence-corrected chi connectivity index (χ3v) is 7.03. The molecule has 0 aromatic heterocycles. The lowest BCUT2D eigenvalue weighted by molar-refractivity contribution is -0.138. The highest BCUT2D eigenvalue weighted by atomic mass is 16.3. The molecule has 1 heterocycles. The number of allylic oxidation sites excluding steroid dienone is 6. The Labute approximate surface area is 173 Å². The van der Waals surface area contributed by atoms with Crippen LogP contribution in [0.4, 0.5) is 0 Å². The minimum absolute atomic E-state index is 0.0375. The van der Waals surface area contributed by atoms with E-state index >= 15 is 0 Å². The van der Waals surface area contributed by atoms with Crippen molar-refractivity contribution in [3.8, 4) is 5.75 Å². The van der Waals surface area contributed by atoms with E-state index in [0.29, 0.717) is 28.7 Å². The van der Waals surface area contributed by atoms with E-state index in [1.807, 2.05) is 6.08 Å². The standard InChI is InChI=1S/C24H21NO5/c1-11-9-18(27)21-16(22(11)28)10-15-12(19(21)13-5-3-4-6-17(13)26)7-8-14-20(15)24(30)25(2)23(14)29/h3-7,9,14-15,19-20,26H,8,10H2,1-2H3/t14-,15+,19+,20-/m0/s1. The molecule has 4 aliphatic rings. The number of ketones is 2. The summed E-state index contributed by atoms with van der Waals surface area (Å²) >= 11 is 0. The number of likely N-dealkylation sites (tertiary alicyclic amines) is 1. The van der Waals surface area contributed by atoms with E-state index in [4.69, 9.17) is 0 Å². The van der Waals surface area contributed by atoms with Crippen molar-refractivity contribution >= 4 is 23.4 Å². The molecule has 3 aliphatic carbocycles. The van der Waals surface area contributed by atoms with Crippen LogP contribution in [0, 0.1) is 17.8 Å². The Hall–Kier alpha value is -3.28. The summed E-state index contributed by atoms with van der Waals surface area (Å²) in [7, 11) is 1.50. The molecular weight excluding hydrogens is 382 g/mol. The first-order valence-electron chi connectivity index (χ1n) is 10.1. The second kappa shape index (κ2) is 6.36. The number of phenols is 1. The van der Waals surface area contributed by atoms with E-state index in [1.54, 1.807) is 31.2 Å². The predicted molar refractivity (Wildman–Crippen MR) is 107 cm³/mol. The Balaban J connectivity index is 1.73. The summed E-state index contributed by atoms with van der Waals surface area (Å²) in [5, 5.41) is 10.6. The maximum atomic E-state index is 13.0. The number of rotatable bonds is 1. The number of carbonyl (C=O) groups is 4. The highest BCUT2D eigenvalue weighted by molar-refractivity contribution is 6.23. The summed E-state index contributed by atoms with van der Waals surface area (Å²) in [6.07, 6.45) is 3.98. The number of hydrogen-bond acceptors (Lipinski definition) is 5. The lowest BCUT2D eigenvalue weighted by Crippen LogP contribution is -2.39. The van der Waals surface area contributed by atoms with E-state index in [9.17, 15) is 24.3 Å². The molecular formula is C24H21NO5. The van der Waals surface area contributed by atoms with Crippen LogP contribution in [0.5, 0.6) is 5.75 Å². The molecule has 0 saturated carbocycles. The molecule has 0 unspecified atom stereocenters. The molecule has 152 valence electrons. The molecule has 4 atom stereocenters. The lowest BCUT2D eigenvalue weighted by atomic mass is 9.59. The van der Waals surface area contributed by atoms with Crippen LogP contribution in [0.15, 0.2) is 58.7 Å². The fourth-order valence-electron chi connectivity index (χ4n) is 5.63. The highest BCUT2D eigenvalue weighted by Gasteiger charge is 2.55. The van der Waals surface area contributed by atoms with Gasteiger partial charge in [-0.05, 0) is 37.8 Å². The van der Waals surface area contributed by atoms with Crippen LogP contribution in [-0.4, -0.2) is 40.4 Å². The largest absolute Gasteiger partial charge is 0.508 e. The van der Waals surface area contributed by atoms with Crippen molar-refractivity contribution in [2.75, 3.05) is 7.05 Å². The lowest BCUT2D eigenvalue weighted by Gasteiger charge is -2.42. The van der Waals surface area contributed by atoms with Crippen molar-refractivity contribution in [1.29, 1.82) is 0 Å². The summed E-state index contributed by atoms with van der Waals surface area (Å²) < 4.78 is 0. The van der Waals surface area contributed by atoms with Gasteiger partial charge in [-0.2, -0.15) is 0 Å². The first kappa shape index (κ1) is 18.7. The number of imide groups is 1. The van der Waals surface area contributed by atoms with Crippen molar-refractivity contribution in [2.45, 2.75) is 25.7 Å². The number of Topliss-reactive ketones (excluding diaryl/α,β-unsaturated/α-hetero) is 1. The molecule has 0 radical (unpaired) electrons. The van der Waals surface area contributed by atoms with Crippen molar-refractivity contribution < 1.29 is 24.3 Å². The van der Waals surface area contributed by atoms with Gasteiger partial charge in [0.15, 0.2) is 11.6 Å². The summed E-state index contributed by atoms with van der Waals surface area (Å²) in [4.78, 5) is 52.7. The minimum atomic E-state index is -0.601. The highest BCUT2D eigenvalue weighted by Crippen LogP contribution is 2.55. The number of phenolic OH excluding ortho intramolecular Hbond substituents is 1. The van der Waals surface area contributed by atoms with Crippen molar-refractivity contribution in [3.05, 3.63) is 64.3 Å². The number of para-hydroxylation sites is 1. The van der Waals surface area contributed by atoms with E-state index in [0.717, 1.165) is 5.57 Å². The molecule has 30 heavy (non-hydrogen) atoms. The Morgan fingerprint density at radius 3 is 2.50 bits per heavy atom. The van der Waals surface area contributed by atoms with E-state index in [-0.39, 0.29) is 41.5 Å². The molecule has 1 aromatic carbocycles. The topological polar surface area (TPSA) is 91.8 Å². The maximum Gasteiger partial charge on any atom is 0.233 e. The smallest absolute Gasteiger partial charge is 0.233 e. The number of amides is 2. The molecule has 1 fully saturated rings. The summed E-state index contributed by atoms with van der Waals surface area (Å²) in [5.41, 5.74) is 2.56. The van der Waals surface area contributed by atoms with Gasteiger partial charge in [-0.1, -0.05) is 29.8 Å². The van der Waals surface area contributed by atoms with Crippen molar-refractivity contribution in [2.24, 2.45) is 17.8 Å². The summed E-state index contributed by atoms with van der Waals surface area (Å²) in [6.45, 7) is 1.62. The first-order chi connectivity index (χ1) is 14.3. The van der Waals surface area contributed by atoms with Gasteiger partial charge in [-0.3, -0.25) is 24.1 Å². The average Bonchev–Trinajstić information content (AvgIpc) is 2.95. The van der Waals surface area contributed by atoms with E-state index < -0.39 is 17.8 Å². The number of benzene rings is 1. The van der Waals surface area contributed by atoms with Gasteiger partial charge in [0, 0.05) is 35.2 Å². The van der Waals surface area contributed by atoms with Gasteiger partial charge in [0.25, 0.3) is 0 Å². The molecule has 0 spiro atoms. The molecule has 5 rings (SSSR count). The van der Waals surface area contributed by atoms with E-state index in [1.165, 1.54) is 18.0 Å². The Bertz CT molecular complexity index is 1140. The molecule has 1 aliphatic heterocycles. The van der Waals surface area contributed by atoms with Gasteiger partial charge in [0.05, 0.1) is 11.8 Å². The van der Waals surface area contributed by atoms with E-state index in [2.05, 4.69) is 0 Å². The Morgan fingerprint density at radius 1 is 1.03 bits per heavy atom. The predicted octanol–water partition coefficient (Wildman–Crippen LogP) is 2.45. The third kappa shape index (κ3) is 2.36. The van der Waals surface area contributed by atoms with Gasteiger partial charge >= 0.3 is 0 Å².